The van der Waals surface area contributed by atoms with E-state index in [1.807, 2.05) is 0 Å². The van der Waals surface area contributed by atoms with E-state index in [2.05, 4.69) is 19.0 Å². The van der Waals surface area contributed by atoms with Gasteiger partial charge in [-0.05, 0) is 32.1 Å². The Morgan fingerprint density at radius 1 is 1.50 bits per heavy atom. The fourth-order valence-corrected chi connectivity index (χ4v) is 2.51. The Balaban J connectivity index is 2.08. The summed E-state index contributed by atoms with van der Waals surface area (Å²) in [5.41, 5.74) is 1.22. The van der Waals surface area contributed by atoms with Crippen LogP contribution in [0.2, 0.25) is 0 Å². The van der Waals surface area contributed by atoms with Crippen molar-refractivity contribution in [3.63, 3.8) is 0 Å². The Morgan fingerprint density at radius 3 is 3.08 bits per heavy atom. The fraction of sp³-hybridized carbons (Fsp3) is 0.900. The third-order valence-corrected chi connectivity index (χ3v) is 3.33. The van der Waals surface area contributed by atoms with Gasteiger partial charge in [0.15, 0.2) is 0 Å². The molecule has 1 aliphatic carbocycles. The highest BCUT2D eigenvalue weighted by Crippen LogP contribution is 2.37. The molecule has 1 aliphatic heterocycles. The smallest absolute Gasteiger partial charge is 0.138 e. The lowest BCUT2D eigenvalue weighted by molar-refractivity contribution is -0.00452. The zero-order valence-corrected chi connectivity index (χ0v) is 7.92. The van der Waals surface area contributed by atoms with Crippen LogP contribution < -0.4 is 0 Å². The van der Waals surface area contributed by atoms with E-state index < -0.39 is 0 Å². The van der Waals surface area contributed by atoms with E-state index in [0.717, 1.165) is 5.92 Å². The van der Waals surface area contributed by atoms with Crippen molar-refractivity contribution < 1.29 is 4.84 Å². The minimum Gasteiger partial charge on any atom is -0.392 e. The van der Waals surface area contributed by atoms with Crippen LogP contribution in [0.3, 0.4) is 0 Å². The number of hydrogen-bond acceptors (Lipinski definition) is 2. The average molecular weight is 167 g/mol. The monoisotopic (exact) mass is 167 g/mol. The van der Waals surface area contributed by atoms with Crippen LogP contribution >= 0.6 is 0 Å². The summed E-state index contributed by atoms with van der Waals surface area (Å²) in [5.74, 6) is 1.40. The maximum Gasteiger partial charge on any atom is 0.138 e. The third kappa shape index (κ3) is 1.13. The largest absolute Gasteiger partial charge is 0.392 e. The Morgan fingerprint density at radius 2 is 2.33 bits per heavy atom. The number of nitrogens with zero attached hydrogens (tertiary/aromatic N) is 1. The first kappa shape index (κ1) is 8.09. The Labute approximate surface area is 74.0 Å². The van der Waals surface area contributed by atoms with Gasteiger partial charge in [0, 0.05) is 5.92 Å². The summed E-state index contributed by atoms with van der Waals surface area (Å²) >= 11 is 0. The van der Waals surface area contributed by atoms with Gasteiger partial charge in [-0.1, -0.05) is 18.5 Å². The van der Waals surface area contributed by atoms with Gasteiger partial charge in [-0.15, -0.1) is 0 Å². The number of oxime groups is 1. The molecular formula is C10H17NO. The molecule has 0 spiro atoms. The summed E-state index contributed by atoms with van der Waals surface area (Å²) in [4.78, 5) is 5.46. The number of hydrogen-bond donors (Lipinski definition) is 0. The third-order valence-electron chi connectivity index (χ3n) is 3.33. The Bertz CT molecular complexity index is 200. The van der Waals surface area contributed by atoms with E-state index in [-0.39, 0.29) is 0 Å². The summed E-state index contributed by atoms with van der Waals surface area (Å²) < 4.78 is 0. The van der Waals surface area contributed by atoms with Gasteiger partial charge in [0.05, 0.1) is 5.71 Å². The molecule has 3 unspecified atom stereocenters. The minimum atomic E-state index is 0.420. The van der Waals surface area contributed by atoms with E-state index in [9.17, 15) is 0 Å². The van der Waals surface area contributed by atoms with Gasteiger partial charge in [0.1, 0.15) is 6.10 Å². The molecule has 2 heteroatoms. The molecule has 2 nitrogen and oxygen atoms in total. The first-order chi connectivity index (χ1) is 5.83. The van der Waals surface area contributed by atoms with Crippen molar-refractivity contribution >= 4 is 5.71 Å². The molecule has 0 aromatic heterocycles. The predicted octanol–water partition coefficient (Wildman–Crippen LogP) is 2.59. The zero-order valence-electron chi connectivity index (χ0n) is 7.92. The van der Waals surface area contributed by atoms with Gasteiger partial charge in [-0.3, -0.25) is 0 Å². The lowest BCUT2D eigenvalue weighted by atomic mass is 9.76. The molecule has 0 aromatic carbocycles. The second-order valence-corrected chi connectivity index (χ2v) is 4.01. The zero-order chi connectivity index (χ0) is 8.55. The van der Waals surface area contributed by atoms with Crippen molar-refractivity contribution in [2.75, 3.05) is 0 Å². The summed E-state index contributed by atoms with van der Waals surface area (Å²) in [5, 5.41) is 4.10. The molecule has 0 aromatic rings. The fourth-order valence-electron chi connectivity index (χ4n) is 2.51. The molecule has 1 heterocycles. The average Bonchev–Trinajstić information content (AvgIpc) is 2.48. The normalized spacial score (nSPS) is 40.2. The van der Waals surface area contributed by atoms with Gasteiger partial charge in [0.25, 0.3) is 0 Å². The van der Waals surface area contributed by atoms with Gasteiger partial charge < -0.3 is 4.84 Å². The molecule has 1 saturated carbocycles. The van der Waals surface area contributed by atoms with Gasteiger partial charge in [-0.2, -0.15) is 0 Å². The summed E-state index contributed by atoms with van der Waals surface area (Å²) in [6.07, 6.45) is 5.64. The second-order valence-electron chi connectivity index (χ2n) is 4.01. The van der Waals surface area contributed by atoms with Crippen molar-refractivity contribution in [2.24, 2.45) is 17.0 Å². The lowest BCUT2D eigenvalue weighted by Crippen LogP contribution is -2.33. The summed E-state index contributed by atoms with van der Waals surface area (Å²) in [6, 6.07) is 0. The maximum absolute atomic E-state index is 5.46. The van der Waals surface area contributed by atoms with E-state index in [1.54, 1.807) is 0 Å². The quantitative estimate of drug-likeness (QED) is 0.588. The molecular weight excluding hydrogens is 150 g/mol. The van der Waals surface area contributed by atoms with E-state index in [1.165, 1.54) is 31.4 Å². The molecule has 2 rings (SSSR count). The summed E-state index contributed by atoms with van der Waals surface area (Å²) in [7, 11) is 0. The molecule has 1 fully saturated rings. The Hall–Kier alpha value is -0.530. The highest BCUT2D eigenvalue weighted by atomic mass is 16.6. The lowest BCUT2D eigenvalue weighted by Gasteiger charge is -2.30. The predicted molar refractivity (Wildman–Crippen MR) is 49.1 cm³/mol. The van der Waals surface area contributed by atoms with Crippen molar-refractivity contribution in [1.82, 2.24) is 0 Å². The molecule has 0 bridgehead atoms. The van der Waals surface area contributed by atoms with Gasteiger partial charge in [-0.25, -0.2) is 0 Å². The molecule has 0 radical (unpaired) electrons. The van der Waals surface area contributed by atoms with Crippen LogP contribution in [0.5, 0.6) is 0 Å². The molecule has 68 valence electrons. The highest BCUT2D eigenvalue weighted by Gasteiger charge is 2.39. The maximum atomic E-state index is 5.46. The first-order valence-corrected chi connectivity index (χ1v) is 5.03. The molecule has 0 saturated heterocycles. The van der Waals surface area contributed by atoms with E-state index in [0.29, 0.717) is 12.0 Å². The molecule has 3 atom stereocenters. The first-order valence-electron chi connectivity index (χ1n) is 5.03. The number of fused-ring (bicyclic) bond motifs is 1. The van der Waals surface area contributed by atoms with Crippen LogP contribution in [0.4, 0.5) is 0 Å². The van der Waals surface area contributed by atoms with Crippen LogP contribution in [0.1, 0.15) is 39.5 Å². The van der Waals surface area contributed by atoms with Crippen LogP contribution in [0, 0.1) is 11.8 Å². The Kier molecular flexibility index (Phi) is 2.07. The standard InChI is InChI=1S/C10H17NO/c1-3-8-5-4-6-9-7(2)11-12-10(8)9/h8-10H,3-6H2,1-2H3. The van der Waals surface area contributed by atoms with Crippen LogP contribution in [0.25, 0.3) is 0 Å². The van der Waals surface area contributed by atoms with Crippen LogP contribution in [-0.4, -0.2) is 11.8 Å². The van der Waals surface area contributed by atoms with E-state index >= 15 is 0 Å². The van der Waals surface area contributed by atoms with Crippen molar-refractivity contribution in [1.29, 1.82) is 0 Å². The van der Waals surface area contributed by atoms with Crippen molar-refractivity contribution in [3.05, 3.63) is 0 Å². The van der Waals surface area contributed by atoms with Crippen LogP contribution in [0.15, 0.2) is 5.16 Å². The molecule has 0 N–H and O–H groups in total. The molecule has 0 amide bonds. The van der Waals surface area contributed by atoms with E-state index in [4.69, 9.17) is 4.84 Å². The van der Waals surface area contributed by atoms with Gasteiger partial charge >= 0.3 is 0 Å². The van der Waals surface area contributed by atoms with Crippen molar-refractivity contribution in [3.8, 4) is 0 Å². The van der Waals surface area contributed by atoms with Crippen molar-refractivity contribution in [2.45, 2.75) is 45.6 Å². The van der Waals surface area contributed by atoms with Crippen LogP contribution in [-0.2, 0) is 4.84 Å². The number of rotatable bonds is 1. The van der Waals surface area contributed by atoms with Gasteiger partial charge in [0.2, 0.25) is 0 Å². The molecule has 12 heavy (non-hydrogen) atoms. The SMILES string of the molecule is CCC1CCCC2C(C)=NOC12. The highest BCUT2D eigenvalue weighted by molar-refractivity contribution is 5.85. The summed E-state index contributed by atoms with van der Waals surface area (Å²) in [6.45, 7) is 4.35. The topological polar surface area (TPSA) is 21.6 Å². The minimum absolute atomic E-state index is 0.420. The second kappa shape index (κ2) is 3.08. The molecule has 2 aliphatic rings.